The first-order valence-corrected chi connectivity index (χ1v) is 4.53. The van der Waals surface area contributed by atoms with Crippen LogP contribution < -0.4 is 0 Å². The van der Waals surface area contributed by atoms with Gasteiger partial charge in [0.05, 0.1) is 0 Å². The van der Waals surface area contributed by atoms with E-state index in [0.29, 0.717) is 6.42 Å². The second kappa shape index (κ2) is 4.29. The van der Waals surface area contributed by atoms with Crippen LogP contribution in [0.25, 0.3) is 0 Å². The van der Waals surface area contributed by atoms with E-state index in [0.717, 1.165) is 19.3 Å². The predicted octanol–water partition coefficient (Wildman–Crippen LogP) is 2.44. The maximum Gasteiger partial charge on any atom is 0.306 e. The maximum absolute atomic E-state index is 11.1. The molecule has 0 amide bonds. The van der Waals surface area contributed by atoms with Crippen molar-refractivity contribution in [3.8, 4) is 0 Å². The number of allylic oxidation sites excluding steroid dienone is 1. The van der Waals surface area contributed by atoms with E-state index in [1.165, 1.54) is 5.57 Å². The highest BCUT2D eigenvalue weighted by atomic mass is 16.5. The average Bonchev–Trinajstić information content (AvgIpc) is 2.01. The zero-order valence-corrected chi connectivity index (χ0v) is 7.80. The Kier molecular flexibility index (Phi) is 3.32. The van der Waals surface area contributed by atoms with Crippen molar-refractivity contribution in [3.05, 3.63) is 11.6 Å². The number of carbonyl (C=O) groups excluding carboxylic acids is 1. The van der Waals surface area contributed by atoms with Crippen LogP contribution in [-0.2, 0) is 9.53 Å². The molecule has 0 spiro atoms. The molecule has 0 fully saturated rings. The molecule has 0 aromatic carbocycles. The first kappa shape index (κ1) is 9.30. The quantitative estimate of drug-likeness (QED) is 0.410. The van der Waals surface area contributed by atoms with Gasteiger partial charge in [-0.25, -0.2) is 0 Å². The summed E-state index contributed by atoms with van der Waals surface area (Å²) < 4.78 is 5.16. The Morgan fingerprint density at radius 3 is 3.08 bits per heavy atom. The molecular weight excluding hydrogens is 152 g/mol. The van der Waals surface area contributed by atoms with Crippen LogP contribution in [0.3, 0.4) is 0 Å². The van der Waals surface area contributed by atoms with Crippen LogP contribution in [0.5, 0.6) is 0 Å². The van der Waals surface area contributed by atoms with Crippen LogP contribution in [0, 0.1) is 0 Å². The van der Waals surface area contributed by atoms with E-state index in [4.69, 9.17) is 4.74 Å². The Hall–Kier alpha value is -0.790. The monoisotopic (exact) mass is 168 g/mol. The predicted molar refractivity (Wildman–Crippen MR) is 47.8 cm³/mol. The molecule has 1 heterocycles. The van der Waals surface area contributed by atoms with Gasteiger partial charge in [-0.2, -0.15) is 0 Å². The lowest BCUT2D eigenvalue weighted by Gasteiger charge is -2.11. The normalized spacial score (nSPS) is 26.3. The first-order chi connectivity index (χ1) is 5.68. The van der Waals surface area contributed by atoms with Crippen molar-refractivity contribution in [2.45, 2.75) is 45.6 Å². The van der Waals surface area contributed by atoms with E-state index in [-0.39, 0.29) is 12.1 Å². The minimum Gasteiger partial charge on any atom is -0.462 e. The molecule has 0 aliphatic carbocycles. The third kappa shape index (κ3) is 3.07. The largest absolute Gasteiger partial charge is 0.462 e. The maximum atomic E-state index is 11.1. The summed E-state index contributed by atoms with van der Waals surface area (Å²) in [5, 5.41) is 0. The molecule has 1 aliphatic rings. The van der Waals surface area contributed by atoms with E-state index in [9.17, 15) is 4.79 Å². The molecule has 68 valence electrons. The van der Waals surface area contributed by atoms with Crippen LogP contribution in [-0.4, -0.2) is 12.1 Å². The second-order valence-corrected chi connectivity index (χ2v) is 3.45. The van der Waals surface area contributed by atoms with E-state index in [1.54, 1.807) is 0 Å². The highest BCUT2D eigenvalue weighted by Crippen LogP contribution is 2.14. The summed E-state index contributed by atoms with van der Waals surface area (Å²) in [6.07, 6.45) is 5.63. The number of cyclic esters (lactones) is 1. The molecular formula is C10H16O2. The van der Waals surface area contributed by atoms with Gasteiger partial charge in [-0.15, -0.1) is 0 Å². The summed E-state index contributed by atoms with van der Waals surface area (Å²) >= 11 is 0. The summed E-state index contributed by atoms with van der Waals surface area (Å²) in [4.78, 5) is 11.1. The molecule has 0 N–H and O–H groups in total. The Morgan fingerprint density at radius 1 is 1.58 bits per heavy atom. The zero-order chi connectivity index (χ0) is 8.97. The van der Waals surface area contributed by atoms with Crippen molar-refractivity contribution in [2.24, 2.45) is 0 Å². The molecule has 0 aromatic heterocycles. The van der Waals surface area contributed by atoms with Gasteiger partial charge in [0.15, 0.2) is 0 Å². The third-order valence-electron chi connectivity index (χ3n) is 2.02. The molecule has 2 heteroatoms. The fourth-order valence-corrected chi connectivity index (χ4v) is 1.46. The summed E-state index contributed by atoms with van der Waals surface area (Å²) in [5.74, 6) is -0.0504. The third-order valence-corrected chi connectivity index (χ3v) is 2.02. The molecule has 12 heavy (non-hydrogen) atoms. The molecule has 2 nitrogen and oxygen atoms in total. The highest BCUT2D eigenvalue weighted by molar-refractivity contribution is 5.69. The van der Waals surface area contributed by atoms with Gasteiger partial charge in [0, 0.05) is 12.8 Å². The van der Waals surface area contributed by atoms with E-state index in [1.807, 2.05) is 6.92 Å². The van der Waals surface area contributed by atoms with Gasteiger partial charge in [0.2, 0.25) is 0 Å². The molecule has 1 atom stereocenters. The van der Waals surface area contributed by atoms with E-state index >= 15 is 0 Å². The van der Waals surface area contributed by atoms with Gasteiger partial charge >= 0.3 is 5.97 Å². The number of hydrogen-bond donors (Lipinski definition) is 0. The lowest BCUT2D eigenvalue weighted by molar-refractivity contribution is -0.148. The second-order valence-electron chi connectivity index (χ2n) is 3.45. The Balaban J connectivity index is 2.54. The van der Waals surface area contributed by atoms with Crippen LogP contribution in [0.1, 0.15) is 39.5 Å². The Labute approximate surface area is 73.6 Å². The summed E-state index contributed by atoms with van der Waals surface area (Å²) in [5.41, 5.74) is 1.33. The van der Waals surface area contributed by atoms with Crippen molar-refractivity contribution in [1.82, 2.24) is 0 Å². The Morgan fingerprint density at radius 2 is 2.33 bits per heavy atom. The van der Waals surface area contributed by atoms with Gasteiger partial charge in [-0.3, -0.25) is 4.79 Å². The van der Waals surface area contributed by atoms with Crippen molar-refractivity contribution in [3.63, 3.8) is 0 Å². The van der Waals surface area contributed by atoms with Gasteiger partial charge in [-0.1, -0.05) is 11.6 Å². The topological polar surface area (TPSA) is 26.3 Å². The summed E-state index contributed by atoms with van der Waals surface area (Å²) in [6, 6.07) is 0. The standard InChI is InChI=1S/C10H16O2/c1-8-5-3-4-6-10(11)12-9(2)7-8/h5,9H,3-4,6-7H2,1-2H3. The van der Waals surface area contributed by atoms with Gasteiger partial charge < -0.3 is 4.74 Å². The lowest BCUT2D eigenvalue weighted by atomic mass is 10.1. The molecule has 0 radical (unpaired) electrons. The number of esters is 1. The highest BCUT2D eigenvalue weighted by Gasteiger charge is 2.11. The fourth-order valence-electron chi connectivity index (χ4n) is 1.46. The molecule has 1 rings (SSSR count). The molecule has 0 aromatic rings. The number of rotatable bonds is 0. The summed E-state index contributed by atoms with van der Waals surface area (Å²) in [7, 11) is 0. The minimum atomic E-state index is -0.0504. The van der Waals surface area contributed by atoms with Crippen LogP contribution >= 0.6 is 0 Å². The van der Waals surface area contributed by atoms with Gasteiger partial charge in [0.25, 0.3) is 0 Å². The van der Waals surface area contributed by atoms with E-state index in [2.05, 4.69) is 13.0 Å². The van der Waals surface area contributed by atoms with Crippen molar-refractivity contribution in [1.29, 1.82) is 0 Å². The molecule has 0 saturated heterocycles. The van der Waals surface area contributed by atoms with Crippen LogP contribution in [0.15, 0.2) is 11.6 Å². The number of carbonyl (C=O) groups is 1. The smallest absolute Gasteiger partial charge is 0.306 e. The SMILES string of the molecule is CC1=CCCCC(=O)OC(C)C1. The van der Waals surface area contributed by atoms with Crippen LogP contribution in [0.4, 0.5) is 0 Å². The van der Waals surface area contributed by atoms with Crippen molar-refractivity contribution < 1.29 is 9.53 Å². The molecule has 1 unspecified atom stereocenters. The van der Waals surface area contributed by atoms with Crippen molar-refractivity contribution >= 4 is 5.97 Å². The van der Waals surface area contributed by atoms with Gasteiger partial charge in [0.1, 0.15) is 6.10 Å². The molecule has 0 bridgehead atoms. The summed E-state index contributed by atoms with van der Waals surface area (Å²) in [6.45, 7) is 4.04. The minimum absolute atomic E-state index is 0.0480. The zero-order valence-electron chi connectivity index (χ0n) is 7.80. The first-order valence-electron chi connectivity index (χ1n) is 4.53. The van der Waals surface area contributed by atoms with Gasteiger partial charge in [-0.05, 0) is 26.7 Å². The number of ether oxygens (including phenoxy) is 1. The number of hydrogen-bond acceptors (Lipinski definition) is 2. The molecule has 1 aliphatic heterocycles. The lowest BCUT2D eigenvalue weighted by Crippen LogP contribution is -2.14. The molecule has 0 saturated carbocycles. The fraction of sp³-hybridized carbons (Fsp3) is 0.700. The van der Waals surface area contributed by atoms with Crippen LogP contribution in [0.2, 0.25) is 0 Å². The van der Waals surface area contributed by atoms with E-state index < -0.39 is 0 Å². The van der Waals surface area contributed by atoms with Crippen molar-refractivity contribution in [2.75, 3.05) is 0 Å². The average molecular weight is 168 g/mol. The Bertz CT molecular complexity index is 194.